The second kappa shape index (κ2) is 4.68. The zero-order valence-corrected chi connectivity index (χ0v) is 11.9. The maximum Gasteiger partial charge on any atom is 0.337 e. The molecule has 4 heteroatoms. The number of carboxylic acid groups (broad SMARTS) is 1. The Hall–Kier alpha value is -1.84. The number of carbonyl (C=O) groups is 1. The van der Waals surface area contributed by atoms with Crippen molar-refractivity contribution in [2.24, 2.45) is 5.41 Å². The molecule has 0 spiro atoms. The number of hydrogen-bond acceptors (Lipinski definition) is 2. The summed E-state index contributed by atoms with van der Waals surface area (Å²) in [6, 6.07) is 5.27. The summed E-state index contributed by atoms with van der Waals surface area (Å²) in [5, 5.41) is 9.35. The molecular weight excluding hydrogens is 240 g/mol. The van der Waals surface area contributed by atoms with Gasteiger partial charge in [0.2, 0.25) is 0 Å². The van der Waals surface area contributed by atoms with Crippen molar-refractivity contribution in [1.82, 2.24) is 9.55 Å². The highest BCUT2D eigenvalue weighted by Crippen LogP contribution is 2.26. The molecule has 1 aromatic carbocycles. The van der Waals surface area contributed by atoms with E-state index >= 15 is 0 Å². The van der Waals surface area contributed by atoms with E-state index in [-0.39, 0.29) is 5.41 Å². The van der Waals surface area contributed by atoms with E-state index in [0.29, 0.717) is 5.56 Å². The lowest BCUT2D eigenvalue weighted by atomic mass is 9.96. The Morgan fingerprint density at radius 1 is 1.37 bits per heavy atom. The Bertz CT molecular complexity index is 621. The van der Waals surface area contributed by atoms with Crippen LogP contribution in [-0.2, 0) is 13.0 Å². The molecule has 0 amide bonds. The average molecular weight is 260 g/mol. The summed E-state index contributed by atoms with van der Waals surface area (Å²) in [7, 11) is 0. The van der Waals surface area contributed by atoms with E-state index < -0.39 is 5.97 Å². The molecule has 0 radical (unpaired) electrons. The minimum absolute atomic E-state index is 0.0726. The molecule has 0 bridgehead atoms. The molecule has 0 atom stereocenters. The van der Waals surface area contributed by atoms with Crippen molar-refractivity contribution in [2.45, 2.75) is 40.7 Å². The van der Waals surface area contributed by atoms with E-state index in [1.165, 1.54) is 0 Å². The fraction of sp³-hybridized carbons (Fsp3) is 0.467. The van der Waals surface area contributed by atoms with E-state index in [2.05, 4.69) is 30.3 Å². The van der Waals surface area contributed by atoms with Crippen molar-refractivity contribution in [3.05, 3.63) is 29.6 Å². The maximum absolute atomic E-state index is 11.4. The molecule has 0 saturated carbocycles. The molecule has 0 aliphatic rings. The van der Waals surface area contributed by atoms with Crippen LogP contribution < -0.4 is 0 Å². The Kier molecular flexibility index (Phi) is 3.35. The number of fused-ring (bicyclic) bond motifs is 1. The van der Waals surface area contributed by atoms with Crippen LogP contribution in [0.1, 0.15) is 43.9 Å². The topological polar surface area (TPSA) is 55.1 Å². The highest BCUT2D eigenvalue weighted by Gasteiger charge is 2.20. The zero-order chi connectivity index (χ0) is 14.2. The van der Waals surface area contributed by atoms with E-state index in [1.54, 1.807) is 12.1 Å². The normalized spacial score (nSPS) is 12.0. The number of aromatic nitrogens is 2. The molecule has 19 heavy (non-hydrogen) atoms. The van der Waals surface area contributed by atoms with Gasteiger partial charge in [-0.3, -0.25) is 0 Å². The largest absolute Gasteiger partial charge is 0.478 e. The van der Waals surface area contributed by atoms with Crippen molar-refractivity contribution in [3.8, 4) is 0 Å². The first-order valence-corrected chi connectivity index (χ1v) is 6.55. The molecule has 2 rings (SSSR count). The van der Waals surface area contributed by atoms with Crippen LogP contribution in [0.5, 0.6) is 0 Å². The lowest BCUT2D eigenvalue weighted by molar-refractivity contribution is 0.0698. The standard InChI is InChI=1S/C15H20N2O2/c1-5-12-16-11-8-6-7-10(14(18)19)13(11)17(12)9-15(2,3)4/h6-8H,5,9H2,1-4H3,(H,18,19). The molecule has 0 aliphatic heterocycles. The monoisotopic (exact) mass is 260 g/mol. The van der Waals surface area contributed by atoms with Crippen LogP contribution >= 0.6 is 0 Å². The molecule has 1 N–H and O–H groups in total. The van der Waals surface area contributed by atoms with Gasteiger partial charge in [-0.15, -0.1) is 0 Å². The van der Waals surface area contributed by atoms with Gasteiger partial charge in [-0.1, -0.05) is 33.8 Å². The molecule has 102 valence electrons. The fourth-order valence-electron chi connectivity index (χ4n) is 2.32. The second-order valence-corrected chi connectivity index (χ2v) is 6.01. The minimum Gasteiger partial charge on any atom is -0.478 e. The highest BCUT2D eigenvalue weighted by molar-refractivity contribution is 6.01. The second-order valence-electron chi connectivity index (χ2n) is 6.01. The van der Waals surface area contributed by atoms with Crippen LogP contribution in [0.15, 0.2) is 18.2 Å². The van der Waals surface area contributed by atoms with Crippen LogP contribution in [-0.4, -0.2) is 20.6 Å². The number of nitrogens with zero attached hydrogens (tertiary/aromatic N) is 2. The van der Waals surface area contributed by atoms with Gasteiger partial charge in [0.1, 0.15) is 5.82 Å². The van der Waals surface area contributed by atoms with Gasteiger partial charge in [0.25, 0.3) is 0 Å². The summed E-state index contributed by atoms with van der Waals surface area (Å²) in [4.78, 5) is 15.9. The van der Waals surface area contributed by atoms with Gasteiger partial charge in [0.05, 0.1) is 16.6 Å². The number of hydrogen-bond donors (Lipinski definition) is 1. The molecule has 1 heterocycles. The van der Waals surface area contributed by atoms with E-state index in [1.807, 2.05) is 13.0 Å². The molecule has 0 fully saturated rings. The van der Waals surface area contributed by atoms with Gasteiger partial charge in [-0.05, 0) is 17.5 Å². The summed E-state index contributed by atoms with van der Waals surface area (Å²) in [5.41, 5.74) is 1.90. The third kappa shape index (κ3) is 2.62. The van der Waals surface area contributed by atoms with Crippen molar-refractivity contribution >= 4 is 17.0 Å². The van der Waals surface area contributed by atoms with Crippen LogP contribution in [0.3, 0.4) is 0 Å². The Balaban J connectivity index is 2.74. The number of aromatic carboxylic acids is 1. The smallest absolute Gasteiger partial charge is 0.337 e. The van der Waals surface area contributed by atoms with Gasteiger partial charge in [0.15, 0.2) is 0 Å². The Labute approximate surface area is 113 Å². The first-order chi connectivity index (χ1) is 8.83. The number of aryl methyl sites for hydroxylation is 1. The zero-order valence-electron chi connectivity index (χ0n) is 11.9. The summed E-state index contributed by atoms with van der Waals surface area (Å²) in [6.07, 6.45) is 0.795. The first-order valence-electron chi connectivity index (χ1n) is 6.55. The van der Waals surface area contributed by atoms with E-state index in [4.69, 9.17) is 0 Å². The quantitative estimate of drug-likeness (QED) is 0.920. The van der Waals surface area contributed by atoms with Crippen molar-refractivity contribution in [1.29, 1.82) is 0 Å². The van der Waals surface area contributed by atoms with Gasteiger partial charge in [-0.2, -0.15) is 0 Å². The predicted octanol–water partition coefficient (Wildman–Crippen LogP) is 3.34. The molecule has 0 aliphatic carbocycles. The fourth-order valence-corrected chi connectivity index (χ4v) is 2.32. The summed E-state index contributed by atoms with van der Waals surface area (Å²) >= 11 is 0. The number of carboxylic acids is 1. The third-order valence-electron chi connectivity index (χ3n) is 3.02. The predicted molar refractivity (Wildman–Crippen MR) is 75.5 cm³/mol. The van der Waals surface area contributed by atoms with Gasteiger partial charge >= 0.3 is 5.97 Å². The lowest BCUT2D eigenvalue weighted by Crippen LogP contribution is -2.18. The number of rotatable bonds is 3. The van der Waals surface area contributed by atoms with Crippen LogP contribution in [0.4, 0.5) is 0 Å². The van der Waals surface area contributed by atoms with Gasteiger partial charge in [0, 0.05) is 13.0 Å². The van der Waals surface area contributed by atoms with Gasteiger partial charge < -0.3 is 9.67 Å². The van der Waals surface area contributed by atoms with Crippen molar-refractivity contribution in [2.75, 3.05) is 0 Å². The van der Waals surface area contributed by atoms with Crippen LogP contribution in [0, 0.1) is 5.41 Å². The van der Waals surface area contributed by atoms with Gasteiger partial charge in [-0.25, -0.2) is 9.78 Å². The molecular formula is C15H20N2O2. The maximum atomic E-state index is 11.4. The highest BCUT2D eigenvalue weighted by atomic mass is 16.4. The minimum atomic E-state index is -0.900. The van der Waals surface area contributed by atoms with E-state index in [0.717, 1.165) is 29.8 Å². The summed E-state index contributed by atoms with van der Waals surface area (Å²) in [5.74, 6) is 0.0435. The van der Waals surface area contributed by atoms with Crippen LogP contribution in [0.25, 0.3) is 11.0 Å². The first kappa shape index (κ1) is 13.6. The number of para-hydroxylation sites is 1. The molecule has 0 unspecified atom stereocenters. The summed E-state index contributed by atoms with van der Waals surface area (Å²) in [6.45, 7) is 9.22. The molecule has 1 aromatic heterocycles. The summed E-state index contributed by atoms with van der Waals surface area (Å²) < 4.78 is 2.05. The third-order valence-corrected chi connectivity index (χ3v) is 3.02. The van der Waals surface area contributed by atoms with Crippen LogP contribution in [0.2, 0.25) is 0 Å². The molecule has 2 aromatic rings. The number of imidazole rings is 1. The van der Waals surface area contributed by atoms with Crippen molar-refractivity contribution < 1.29 is 9.90 Å². The van der Waals surface area contributed by atoms with E-state index in [9.17, 15) is 9.90 Å². The average Bonchev–Trinajstić information content (AvgIpc) is 2.65. The SMILES string of the molecule is CCc1nc2cccc(C(=O)O)c2n1CC(C)(C)C. The lowest BCUT2D eigenvalue weighted by Gasteiger charge is -2.21. The van der Waals surface area contributed by atoms with Crippen molar-refractivity contribution in [3.63, 3.8) is 0 Å². The Morgan fingerprint density at radius 2 is 2.05 bits per heavy atom. The molecule has 4 nitrogen and oxygen atoms in total. The Morgan fingerprint density at radius 3 is 2.58 bits per heavy atom. The number of benzene rings is 1. The molecule has 0 saturated heterocycles.